The van der Waals surface area contributed by atoms with E-state index in [0.29, 0.717) is 0 Å². The Morgan fingerprint density at radius 3 is 2.54 bits per heavy atom. The third-order valence-electron chi connectivity index (χ3n) is 1.25. The quantitative estimate of drug-likeness (QED) is 0.599. The summed E-state index contributed by atoms with van der Waals surface area (Å²) in [4.78, 5) is 10.6. The smallest absolute Gasteiger partial charge is 0.267 e. The number of hydrogen-bond acceptors (Lipinski definition) is 6. The number of rotatable bonds is 3. The second-order valence-corrected chi connectivity index (χ2v) is 4.43. The first-order valence-corrected chi connectivity index (χ1v) is 5.03. The minimum absolute atomic E-state index is 0.289. The summed E-state index contributed by atoms with van der Waals surface area (Å²) in [6.07, 6.45) is 0. The monoisotopic (exact) mass is 204 g/mol. The lowest BCUT2D eigenvalue weighted by Gasteiger charge is -1.97. The van der Waals surface area contributed by atoms with Crippen molar-refractivity contribution in [3.8, 4) is 0 Å². The molecule has 0 aliphatic heterocycles. The molecule has 0 aromatic carbocycles. The maximum atomic E-state index is 11.3. The lowest BCUT2D eigenvalue weighted by molar-refractivity contribution is -0.114. The summed E-state index contributed by atoms with van der Waals surface area (Å²) in [5.74, 6) is -1.01. The van der Waals surface area contributed by atoms with Crippen LogP contribution in [0.5, 0.6) is 0 Å². The fraction of sp³-hybridized carbons (Fsp3) is 0.600. The first kappa shape index (κ1) is 9.78. The number of carbonyl (C=O) groups is 1. The van der Waals surface area contributed by atoms with Gasteiger partial charge in [-0.2, -0.15) is 0 Å². The second kappa shape index (κ2) is 3.21. The molecule has 1 aromatic heterocycles. The lowest BCUT2D eigenvalue weighted by atomic mass is 10.5. The molecular formula is C5H8N4O3S. The zero-order valence-electron chi connectivity index (χ0n) is 7.13. The second-order valence-electron chi connectivity index (χ2n) is 2.55. The molecule has 8 heteroatoms. The highest BCUT2D eigenvalue weighted by Gasteiger charge is 2.22. The number of aryl methyl sites for hydroxylation is 1. The van der Waals surface area contributed by atoms with Gasteiger partial charge in [-0.15, -0.1) is 0 Å². The van der Waals surface area contributed by atoms with Crippen molar-refractivity contribution in [1.29, 1.82) is 0 Å². The molecule has 0 saturated heterocycles. The molecule has 0 radical (unpaired) electrons. The molecule has 0 atom stereocenters. The third kappa shape index (κ3) is 2.08. The Balaban J connectivity index is 3.09. The Kier molecular flexibility index (Phi) is 2.41. The number of hydrogen-bond donors (Lipinski definition) is 0. The molecule has 0 aliphatic carbocycles. The molecule has 1 heterocycles. The fourth-order valence-electron chi connectivity index (χ4n) is 0.817. The van der Waals surface area contributed by atoms with Crippen LogP contribution in [0.15, 0.2) is 5.16 Å². The molecule has 7 nitrogen and oxygen atoms in total. The van der Waals surface area contributed by atoms with E-state index in [1.165, 1.54) is 14.0 Å². The van der Waals surface area contributed by atoms with Gasteiger partial charge in [0.25, 0.3) is 5.16 Å². The highest BCUT2D eigenvalue weighted by Crippen LogP contribution is 2.03. The summed E-state index contributed by atoms with van der Waals surface area (Å²) in [6, 6.07) is 0. The van der Waals surface area contributed by atoms with Crippen LogP contribution in [0.25, 0.3) is 0 Å². The van der Waals surface area contributed by atoms with E-state index in [4.69, 9.17) is 0 Å². The average Bonchev–Trinajstić information content (AvgIpc) is 2.32. The summed E-state index contributed by atoms with van der Waals surface area (Å²) in [7, 11) is -2.27. The van der Waals surface area contributed by atoms with Crippen molar-refractivity contribution in [2.24, 2.45) is 7.05 Å². The lowest BCUT2D eigenvalue weighted by Crippen LogP contribution is -2.17. The van der Waals surface area contributed by atoms with Crippen LogP contribution in [-0.4, -0.2) is 40.2 Å². The minimum atomic E-state index is -3.67. The zero-order chi connectivity index (χ0) is 10.1. The largest absolute Gasteiger partial charge is 0.299 e. The molecule has 0 fully saturated rings. The Labute approximate surface area is 74.7 Å². The third-order valence-corrected chi connectivity index (χ3v) is 2.94. The van der Waals surface area contributed by atoms with Crippen molar-refractivity contribution in [2.45, 2.75) is 12.1 Å². The first-order valence-electron chi connectivity index (χ1n) is 3.38. The number of ketones is 1. The van der Waals surface area contributed by atoms with E-state index in [1.54, 1.807) is 0 Å². The van der Waals surface area contributed by atoms with Gasteiger partial charge in [0.05, 0.1) is 0 Å². The Hall–Kier alpha value is -1.31. The molecule has 1 aromatic rings. The van der Waals surface area contributed by atoms with Crippen molar-refractivity contribution in [1.82, 2.24) is 20.2 Å². The van der Waals surface area contributed by atoms with Gasteiger partial charge in [-0.1, -0.05) is 5.10 Å². The standard InChI is InChI=1S/C5H8N4O3S/c1-4(10)3-13(11,12)5-6-7-8-9(5)2/h3H2,1-2H3. The number of sulfone groups is 1. The topological polar surface area (TPSA) is 94.8 Å². The molecule has 0 N–H and O–H groups in total. The van der Waals surface area contributed by atoms with E-state index in [2.05, 4.69) is 15.5 Å². The number of nitrogens with zero attached hydrogens (tertiary/aromatic N) is 4. The van der Waals surface area contributed by atoms with E-state index in [0.717, 1.165) is 4.68 Å². The van der Waals surface area contributed by atoms with E-state index < -0.39 is 21.4 Å². The normalized spacial score (nSPS) is 11.5. The molecule has 0 amide bonds. The van der Waals surface area contributed by atoms with Gasteiger partial charge in [0, 0.05) is 7.05 Å². The van der Waals surface area contributed by atoms with Gasteiger partial charge >= 0.3 is 0 Å². The molecule has 72 valence electrons. The Bertz CT molecular complexity index is 421. The molecular weight excluding hydrogens is 196 g/mol. The molecule has 0 aliphatic rings. The predicted molar refractivity (Wildman–Crippen MR) is 41.5 cm³/mol. The van der Waals surface area contributed by atoms with Crippen molar-refractivity contribution < 1.29 is 13.2 Å². The van der Waals surface area contributed by atoms with Gasteiger partial charge < -0.3 is 0 Å². The van der Waals surface area contributed by atoms with Crippen molar-refractivity contribution in [2.75, 3.05) is 5.75 Å². The van der Waals surface area contributed by atoms with Gasteiger partial charge in [0.1, 0.15) is 11.5 Å². The fourth-order valence-corrected chi connectivity index (χ4v) is 2.08. The molecule has 13 heavy (non-hydrogen) atoms. The first-order chi connectivity index (χ1) is 5.93. The van der Waals surface area contributed by atoms with Crippen LogP contribution in [0.4, 0.5) is 0 Å². The number of tetrazole rings is 1. The van der Waals surface area contributed by atoms with Crippen LogP contribution in [0.2, 0.25) is 0 Å². The zero-order valence-corrected chi connectivity index (χ0v) is 7.95. The van der Waals surface area contributed by atoms with Crippen molar-refractivity contribution in [3.05, 3.63) is 0 Å². The SMILES string of the molecule is CC(=O)CS(=O)(=O)c1nnnn1C. The summed E-state index contributed by atoms with van der Waals surface area (Å²) >= 11 is 0. The van der Waals surface area contributed by atoms with Crippen LogP contribution < -0.4 is 0 Å². The van der Waals surface area contributed by atoms with Crippen LogP contribution in [0.3, 0.4) is 0 Å². The van der Waals surface area contributed by atoms with Gasteiger partial charge in [0.2, 0.25) is 9.84 Å². The summed E-state index contributed by atoms with van der Waals surface area (Å²) in [6.45, 7) is 1.20. The predicted octanol–water partition coefficient (Wildman–Crippen LogP) is -1.43. The van der Waals surface area contributed by atoms with Gasteiger partial charge in [0.15, 0.2) is 0 Å². The number of carbonyl (C=O) groups excluding carboxylic acids is 1. The number of Topliss-reactive ketones (excluding diaryl/α,β-unsaturated/α-hetero) is 1. The van der Waals surface area contributed by atoms with Crippen molar-refractivity contribution in [3.63, 3.8) is 0 Å². The molecule has 1 rings (SSSR count). The van der Waals surface area contributed by atoms with Crippen LogP contribution in [0, 0.1) is 0 Å². The summed E-state index contributed by atoms with van der Waals surface area (Å²) in [5.41, 5.74) is 0. The maximum absolute atomic E-state index is 11.3. The van der Waals surface area contributed by atoms with E-state index >= 15 is 0 Å². The minimum Gasteiger partial charge on any atom is -0.299 e. The Morgan fingerprint density at radius 2 is 2.15 bits per heavy atom. The van der Waals surface area contributed by atoms with Gasteiger partial charge in [-0.05, 0) is 17.4 Å². The van der Waals surface area contributed by atoms with E-state index in [9.17, 15) is 13.2 Å². The van der Waals surface area contributed by atoms with Gasteiger partial charge in [-0.3, -0.25) is 4.79 Å². The molecule has 0 saturated carbocycles. The molecule has 0 unspecified atom stereocenters. The molecule has 0 spiro atoms. The van der Waals surface area contributed by atoms with Crippen LogP contribution in [-0.2, 0) is 21.7 Å². The highest BCUT2D eigenvalue weighted by molar-refractivity contribution is 7.91. The summed E-state index contributed by atoms with van der Waals surface area (Å²) < 4.78 is 23.7. The van der Waals surface area contributed by atoms with Crippen molar-refractivity contribution >= 4 is 15.6 Å². The average molecular weight is 204 g/mol. The molecule has 0 bridgehead atoms. The number of aromatic nitrogens is 4. The van der Waals surface area contributed by atoms with E-state index in [-0.39, 0.29) is 5.16 Å². The Morgan fingerprint density at radius 1 is 1.54 bits per heavy atom. The highest BCUT2D eigenvalue weighted by atomic mass is 32.2. The van der Waals surface area contributed by atoms with E-state index in [1.807, 2.05) is 0 Å². The van der Waals surface area contributed by atoms with Crippen LogP contribution in [0.1, 0.15) is 6.92 Å². The van der Waals surface area contributed by atoms with Crippen LogP contribution >= 0.6 is 0 Å². The summed E-state index contributed by atoms with van der Waals surface area (Å²) in [5, 5.41) is 9.54. The maximum Gasteiger partial charge on any atom is 0.267 e. The van der Waals surface area contributed by atoms with Gasteiger partial charge in [-0.25, -0.2) is 13.1 Å².